The molecule has 0 rings (SSSR count). The first-order valence-electron chi connectivity index (χ1n) is 19.8. The molecule has 7 nitrogen and oxygen atoms in total. The van der Waals surface area contributed by atoms with Crippen molar-refractivity contribution in [1.29, 1.82) is 0 Å². The molecule has 3 unspecified atom stereocenters. The smallest absolute Gasteiger partial charge is 0.267 e. The van der Waals surface area contributed by atoms with Crippen LogP contribution >= 0.6 is 0 Å². The SMILES string of the molecule is CCCCCCCCCCCCC/C=C/CC/C=C/CC/C=C/C(O)C(CS(=O)(=O)O)NC(=O)C(O)CCCCCCCCCCCC. The molecule has 0 fully saturated rings. The Morgan fingerprint density at radius 2 is 0.938 bits per heavy atom. The monoisotopic (exact) mass is 698 g/mol. The molecule has 282 valence electrons. The molecule has 4 N–H and O–H groups in total. The minimum atomic E-state index is -4.45. The van der Waals surface area contributed by atoms with Gasteiger partial charge in [-0.3, -0.25) is 9.35 Å². The maximum atomic E-state index is 12.5. The summed E-state index contributed by atoms with van der Waals surface area (Å²) in [6, 6.07) is -1.25. The maximum absolute atomic E-state index is 12.5. The zero-order valence-corrected chi connectivity index (χ0v) is 31.8. The van der Waals surface area contributed by atoms with E-state index in [0.29, 0.717) is 12.8 Å². The van der Waals surface area contributed by atoms with Crippen LogP contribution in [0, 0.1) is 0 Å². The Bertz CT molecular complexity index is 917. The van der Waals surface area contributed by atoms with Gasteiger partial charge in [0.25, 0.3) is 10.1 Å². The van der Waals surface area contributed by atoms with Gasteiger partial charge in [0, 0.05) is 0 Å². The van der Waals surface area contributed by atoms with E-state index in [4.69, 9.17) is 0 Å². The summed E-state index contributed by atoms with van der Waals surface area (Å²) in [5.74, 6) is -1.56. The second-order valence-corrected chi connectivity index (χ2v) is 15.2. The zero-order chi connectivity index (χ0) is 35.6. The Kier molecular flexibility index (Phi) is 32.9. The van der Waals surface area contributed by atoms with Gasteiger partial charge in [-0.25, -0.2) is 0 Å². The van der Waals surface area contributed by atoms with E-state index in [1.807, 2.05) is 0 Å². The van der Waals surface area contributed by atoms with Crippen LogP contribution in [-0.2, 0) is 14.9 Å². The van der Waals surface area contributed by atoms with Crippen molar-refractivity contribution in [1.82, 2.24) is 5.32 Å². The number of carbonyl (C=O) groups excluding carboxylic acids is 1. The number of hydrogen-bond acceptors (Lipinski definition) is 5. The fourth-order valence-corrected chi connectivity index (χ4v) is 6.57. The minimum absolute atomic E-state index is 0.272. The molecule has 0 bridgehead atoms. The lowest BCUT2D eigenvalue weighted by atomic mass is 10.0. The van der Waals surface area contributed by atoms with Gasteiger partial charge in [-0.15, -0.1) is 0 Å². The second-order valence-electron chi connectivity index (χ2n) is 13.7. The third-order valence-corrected chi connectivity index (χ3v) is 9.69. The van der Waals surface area contributed by atoms with Crippen molar-refractivity contribution in [3.8, 4) is 0 Å². The van der Waals surface area contributed by atoms with Gasteiger partial charge >= 0.3 is 0 Å². The van der Waals surface area contributed by atoms with Crippen LogP contribution in [0.15, 0.2) is 36.5 Å². The third kappa shape index (κ3) is 33.0. The fourth-order valence-electron chi connectivity index (χ4n) is 5.84. The van der Waals surface area contributed by atoms with Crippen LogP contribution in [0.5, 0.6) is 0 Å². The quantitative estimate of drug-likeness (QED) is 0.0297. The molecule has 48 heavy (non-hydrogen) atoms. The summed E-state index contributed by atoms with van der Waals surface area (Å²) in [5.41, 5.74) is 0. The van der Waals surface area contributed by atoms with Gasteiger partial charge in [0.2, 0.25) is 5.91 Å². The standard InChI is InChI=1S/C40H75NO6S/c1-3-5-7-9-11-13-15-16-17-18-19-20-21-22-23-24-25-27-28-30-32-34-38(42)37(36-48(45,46)47)41-40(44)39(43)35-33-31-29-26-14-12-10-8-6-4-2/h21-22,25,27,32,34,37-39,42-43H,3-20,23-24,26,28-31,33,35-36H2,1-2H3,(H,41,44)(H,45,46,47)/b22-21+,27-25+,34-32+. The highest BCUT2D eigenvalue weighted by Gasteiger charge is 2.27. The van der Waals surface area contributed by atoms with Gasteiger partial charge in [0.1, 0.15) is 6.10 Å². The van der Waals surface area contributed by atoms with E-state index >= 15 is 0 Å². The van der Waals surface area contributed by atoms with E-state index in [-0.39, 0.29) is 6.42 Å². The Morgan fingerprint density at radius 3 is 1.38 bits per heavy atom. The number of rotatable bonds is 35. The zero-order valence-electron chi connectivity index (χ0n) is 31.0. The summed E-state index contributed by atoms with van der Waals surface area (Å²) < 4.78 is 32.4. The average molecular weight is 698 g/mol. The molecule has 8 heteroatoms. The lowest BCUT2D eigenvalue weighted by molar-refractivity contribution is -0.130. The topological polar surface area (TPSA) is 124 Å². The van der Waals surface area contributed by atoms with E-state index in [9.17, 15) is 28.0 Å². The number of hydrogen-bond donors (Lipinski definition) is 4. The van der Waals surface area contributed by atoms with E-state index in [2.05, 4.69) is 43.5 Å². The Morgan fingerprint density at radius 1 is 0.562 bits per heavy atom. The first-order valence-corrected chi connectivity index (χ1v) is 21.4. The molecule has 0 radical (unpaired) electrons. The highest BCUT2D eigenvalue weighted by atomic mass is 32.2. The molecule has 0 aliphatic heterocycles. The summed E-state index contributed by atoms with van der Waals surface area (Å²) in [4.78, 5) is 12.5. The van der Waals surface area contributed by atoms with Crippen molar-refractivity contribution >= 4 is 16.0 Å². The molecular formula is C40H75NO6S. The molecule has 0 saturated heterocycles. The molecule has 0 saturated carbocycles. The third-order valence-electron chi connectivity index (χ3n) is 8.90. The predicted molar refractivity (Wildman–Crippen MR) is 204 cm³/mol. The van der Waals surface area contributed by atoms with Crippen molar-refractivity contribution in [3.63, 3.8) is 0 Å². The van der Waals surface area contributed by atoms with Crippen LogP contribution in [0.3, 0.4) is 0 Å². The molecule has 0 aliphatic rings. The van der Waals surface area contributed by atoms with Crippen LogP contribution < -0.4 is 5.32 Å². The molecule has 0 aliphatic carbocycles. The van der Waals surface area contributed by atoms with E-state index in [1.54, 1.807) is 6.08 Å². The molecule has 0 aromatic heterocycles. The van der Waals surface area contributed by atoms with Gasteiger partial charge in [0.15, 0.2) is 0 Å². The molecule has 0 aromatic rings. The second kappa shape index (κ2) is 34.0. The lowest BCUT2D eigenvalue weighted by Gasteiger charge is -2.22. The summed E-state index contributed by atoms with van der Waals surface area (Å²) in [7, 11) is -4.45. The van der Waals surface area contributed by atoms with Crippen LogP contribution in [0.25, 0.3) is 0 Å². The van der Waals surface area contributed by atoms with Crippen molar-refractivity contribution in [2.45, 2.75) is 205 Å². The minimum Gasteiger partial charge on any atom is -0.387 e. The van der Waals surface area contributed by atoms with Gasteiger partial charge < -0.3 is 15.5 Å². The molecule has 3 atom stereocenters. The van der Waals surface area contributed by atoms with Gasteiger partial charge in [-0.1, -0.05) is 179 Å². The van der Waals surface area contributed by atoms with Crippen LogP contribution in [-0.4, -0.2) is 53.1 Å². The van der Waals surface area contributed by atoms with Crippen LogP contribution in [0.4, 0.5) is 0 Å². The summed E-state index contributed by atoms with van der Waals surface area (Å²) in [6.07, 6.45) is 40.7. The van der Waals surface area contributed by atoms with E-state index < -0.39 is 40.0 Å². The number of amides is 1. The first-order chi connectivity index (χ1) is 23.2. The summed E-state index contributed by atoms with van der Waals surface area (Å²) in [6.45, 7) is 4.48. The number of aliphatic hydroxyl groups is 2. The number of nitrogens with one attached hydrogen (secondary N) is 1. The first kappa shape index (κ1) is 46.5. The van der Waals surface area contributed by atoms with Crippen molar-refractivity contribution in [3.05, 3.63) is 36.5 Å². The summed E-state index contributed by atoms with van der Waals surface area (Å²) in [5, 5.41) is 23.3. The Hall–Kier alpha value is -1.48. The predicted octanol–water partition coefficient (Wildman–Crippen LogP) is 10.3. The number of allylic oxidation sites excluding steroid dienone is 5. The molecule has 0 aromatic carbocycles. The van der Waals surface area contributed by atoms with Crippen molar-refractivity contribution in [2.24, 2.45) is 0 Å². The van der Waals surface area contributed by atoms with Crippen LogP contribution in [0.1, 0.15) is 187 Å². The number of carbonyl (C=O) groups is 1. The highest BCUT2D eigenvalue weighted by Crippen LogP contribution is 2.14. The van der Waals surface area contributed by atoms with Crippen molar-refractivity contribution < 1.29 is 28.0 Å². The van der Waals surface area contributed by atoms with E-state index in [0.717, 1.165) is 44.9 Å². The highest BCUT2D eigenvalue weighted by molar-refractivity contribution is 7.85. The summed E-state index contributed by atoms with van der Waals surface area (Å²) >= 11 is 0. The van der Waals surface area contributed by atoms with Crippen LogP contribution in [0.2, 0.25) is 0 Å². The number of unbranched alkanes of at least 4 members (excludes halogenated alkanes) is 22. The largest absolute Gasteiger partial charge is 0.387 e. The molecule has 1 amide bonds. The van der Waals surface area contributed by atoms with Gasteiger partial charge in [-0.2, -0.15) is 8.42 Å². The number of aliphatic hydroxyl groups excluding tert-OH is 2. The van der Waals surface area contributed by atoms with Gasteiger partial charge in [-0.05, 0) is 44.9 Å². The molecule has 0 spiro atoms. The molecular weight excluding hydrogens is 623 g/mol. The fraction of sp³-hybridized carbons (Fsp3) is 0.825. The Labute approximate surface area is 296 Å². The van der Waals surface area contributed by atoms with Gasteiger partial charge in [0.05, 0.1) is 17.9 Å². The normalized spacial score (nSPS) is 14.4. The molecule has 0 heterocycles. The average Bonchev–Trinajstić information content (AvgIpc) is 3.05. The van der Waals surface area contributed by atoms with Crippen molar-refractivity contribution in [2.75, 3.05) is 5.75 Å². The maximum Gasteiger partial charge on any atom is 0.267 e. The van der Waals surface area contributed by atoms with E-state index in [1.165, 1.54) is 115 Å². The Balaban J connectivity index is 4.11. The lowest BCUT2D eigenvalue weighted by Crippen LogP contribution is -2.50.